The summed E-state index contributed by atoms with van der Waals surface area (Å²) in [6.45, 7) is 5.99. The lowest BCUT2D eigenvalue weighted by Crippen LogP contribution is -2.35. The Bertz CT molecular complexity index is 669. The predicted octanol–water partition coefficient (Wildman–Crippen LogP) is 1.64. The normalized spacial score (nSPS) is 15.9. The average Bonchev–Trinajstić information content (AvgIpc) is 2.54. The van der Waals surface area contributed by atoms with Crippen molar-refractivity contribution < 1.29 is 5.11 Å². The van der Waals surface area contributed by atoms with E-state index in [0.717, 1.165) is 38.8 Å². The quantitative estimate of drug-likeness (QED) is 0.779. The molecule has 0 radical (unpaired) electrons. The molecule has 1 aliphatic heterocycles. The lowest BCUT2D eigenvalue weighted by molar-refractivity contribution is 0.239. The molecular weight excluding hydrogens is 296 g/mol. The molecule has 2 N–H and O–H groups in total. The number of hydrazone groups is 1. The molecule has 1 aliphatic rings. The molecule has 0 saturated carbocycles. The summed E-state index contributed by atoms with van der Waals surface area (Å²) in [6.07, 6.45) is 5.52. The summed E-state index contributed by atoms with van der Waals surface area (Å²) in [5, 5.41) is 17.0. The Hall–Kier alpha value is -2.05. The number of nitrogens with one attached hydrogen (secondary N) is 1. The van der Waals surface area contributed by atoms with E-state index in [-0.39, 0.29) is 11.4 Å². The second kappa shape index (κ2) is 7.99. The van der Waals surface area contributed by atoms with Gasteiger partial charge in [-0.05, 0) is 32.1 Å². The Morgan fingerprint density at radius 3 is 2.52 bits per heavy atom. The van der Waals surface area contributed by atoms with Crippen LogP contribution >= 0.6 is 0 Å². The molecule has 1 aromatic rings. The maximum Gasteiger partial charge on any atom is 0.331 e. The minimum Gasteiger partial charge on any atom is -0.494 e. The molecule has 1 fully saturated rings. The smallest absolute Gasteiger partial charge is 0.331 e. The fourth-order valence-corrected chi connectivity index (χ4v) is 2.79. The average molecular weight is 322 g/mol. The van der Waals surface area contributed by atoms with Crippen LogP contribution < -0.4 is 11.2 Å². The first-order chi connectivity index (χ1) is 11.1. The van der Waals surface area contributed by atoms with Crippen molar-refractivity contribution in [2.45, 2.75) is 58.9 Å². The largest absolute Gasteiger partial charge is 0.494 e. The molecule has 0 atom stereocenters. The van der Waals surface area contributed by atoms with E-state index >= 15 is 0 Å². The molecule has 1 saturated heterocycles. The summed E-state index contributed by atoms with van der Waals surface area (Å²) < 4.78 is 1.22. The molecule has 23 heavy (non-hydrogen) atoms. The van der Waals surface area contributed by atoms with Gasteiger partial charge in [-0.25, -0.2) is 4.79 Å². The number of unbranched alkanes of at least 4 members (excludes halogenated alkanes) is 1. The number of rotatable bonds is 6. The third kappa shape index (κ3) is 4.03. The zero-order chi connectivity index (χ0) is 16.8. The van der Waals surface area contributed by atoms with Gasteiger partial charge in [0.1, 0.15) is 5.56 Å². The van der Waals surface area contributed by atoms with Crippen molar-refractivity contribution in [1.29, 1.82) is 0 Å². The van der Waals surface area contributed by atoms with E-state index in [4.69, 9.17) is 0 Å². The summed E-state index contributed by atoms with van der Waals surface area (Å²) in [6, 6.07) is 0. The van der Waals surface area contributed by atoms with Gasteiger partial charge in [0.05, 0.1) is 5.71 Å². The van der Waals surface area contributed by atoms with Gasteiger partial charge in [-0.2, -0.15) is 5.10 Å². The number of aromatic nitrogens is 2. The molecule has 0 aromatic carbocycles. The zero-order valence-corrected chi connectivity index (χ0v) is 14.0. The van der Waals surface area contributed by atoms with Gasteiger partial charge in [0, 0.05) is 19.6 Å². The third-order valence-corrected chi connectivity index (χ3v) is 4.13. The maximum absolute atomic E-state index is 12.2. The van der Waals surface area contributed by atoms with Crippen molar-refractivity contribution in [3.63, 3.8) is 0 Å². The van der Waals surface area contributed by atoms with Gasteiger partial charge >= 0.3 is 5.69 Å². The van der Waals surface area contributed by atoms with Crippen LogP contribution in [0.1, 0.15) is 57.9 Å². The van der Waals surface area contributed by atoms with Crippen LogP contribution in [0, 0.1) is 0 Å². The van der Waals surface area contributed by atoms with Gasteiger partial charge < -0.3 is 5.11 Å². The summed E-state index contributed by atoms with van der Waals surface area (Å²) >= 11 is 0. The van der Waals surface area contributed by atoms with Crippen LogP contribution in [0.3, 0.4) is 0 Å². The van der Waals surface area contributed by atoms with Crippen molar-refractivity contribution in [1.82, 2.24) is 14.6 Å². The number of hydrogen-bond donors (Lipinski definition) is 2. The van der Waals surface area contributed by atoms with Crippen LogP contribution in [0.5, 0.6) is 5.88 Å². The molecule has 0 bridgehead atoms. The van der Waals surface area contributed by atoms with E-state index in [1.54, 1.807) is 0 Å². The van der Waals surface area contributed by atoms with Gasteiger partial charge in [-0.3, -0.25) is 19.4 Å². The van der Waals surface area contributed by atoms with E-state index < -0.39 is 11.2 Å². The number of piperidine rings is 1. The molecule has 2 rings (SSSR count). The molecule has 7 nitrogen and oxygen atoms in total. The minimum atomic E-state index is -0.571. The van der Waals surface area contributed by atoms with Crippen LogP contribution in [-0.2, 0) is 6.54 Å². The zero-order valence-electron chi connectivity index (χ0n) is 14.0. The first-order valence-electron chi connectivity index (χ1n) is 8.47. The van der Waals surface area contributed by atoms with Crippen LogP contribution in [0.15, 0.2) is 14.7 Å². The summed E-state index contributed by atoms with van der Waals surface area (Å²) in [5.41, 5.74) is -0.499. The minimum absolute atomic E-state index is 0.119. The van der Waals surface area contributed by atoms with Gasteiger partial charge in [0.2, 0.25) is 5.88 Å². The number of nitrogens with zero attached hydrogens (tertiary/aromatic N) is 3. The van der Waals surface area contributed by atoms with Gasteiger partial charge in [0.15, 0.2) is 0 Å². The fraction of sp³-hybridized carbons (Fsp3) is 0.688. The monoisotopic (exact) mass is 322 g/mol. The Morgan fingerprint density at radius 1 is 1.22 bits per heavy atom. The standard InChI is InChI=1S/C16H26N4O3/c1-3-5-11-20-15(22)13(14(21)17-16(20)23)12(4-2)18-19-9-7-6-8-10-19/h22H,3-11H2,1-2H3,(H,17,21,23). The Labute approximate surface area is 135 Å². The van der Waals surface area contributed by atoms with Crippen LogP contribution in [0.4, 0.5) is 0 Å². The van der Waals surface area contributed by atoms with Crippen LogP contribution in [0.2, 0.25) is 0 Å². The molecule has 128 valence electrons. The highest BCUT2D eigenvalue weighted by Gasteiger charge is 2.19. The molecule has 0 aliphatic carbocycles. The van der Waals surface area contributed by atoms with E-state index in [0.29, 0.717) is 18.7 Å². The Morgan fingerprint density at radius 2 is 1.91 bits per heavy atom. The SMILES string of the molecule is CCCCn1c(O)c(C(CC)=NN2CCCCC2)c(=O)[nH]c1=O. The highest BCUT2D eigenvalue weighted by Crippen LogP contribution is 2.16. The summed E-state index contributed by atoms with van der Waals surface area (Å²) in [4.78, 5) is 26.4. The summed E-state index contributed by atoms with van der Waals surface area (Å²) in [7, 11) is 0. The van der Waals surface area contributed by atoms with Crippen molar-refractivity contribution >= 4 is 5.71 Å². The van der Waals surface area contributed by atoms with E-state index in [9.17, 15) is 14.7 Å². The molecule has 0 spiro atoms. The molecule has 2 heterocycles. The lowest BCUT2D eigenvalue weighted by atomic mass is 10.1. The predicted molar refractivity (Wildman–Crippen MR) is 90.1 cm³/mol. The van der Waals surface area contributed by atoms with E-state index in [1.165, 1.54) is 11.0 Å². The second-order valence-corrected chi connectivity index (χ2v) is 5.88. The first-order valence-corrected chi connectivity index (χ1v) is 8.47. The molecule has 0 unspecified atom stereocenters. The number of aromatic hydroxyl groups is 1. The van der Waals surface area contributed by atoms with Gasteiger partial charge in [-0.15, -0.1) is 0 Å². The van der Waals surface area contributed by atoms with Crippen molar-refractivity contribution in [2.75, 3.05) is 13.1 Å². The summed E-state index contributed by atoms with van der Waals surface area (Å²) in [5.74, 6) is -0.273. The molecular formula is C16H26N4O3. The lowest BCUT2D eigenvalue weighted by Gasteiger charge is -2.25. The molecule has 7 heteroatoms. The van der Waals surface area contributed by atoms with Crippen molar-refractivity contribution in [2.24, 2.45) is 5.10 Å². The topological polar surface area (TPSA) is 90.7 Å². The Balaban J connectivity index is 2.44. The number of H-pyrrole nitrogens is 1. The van der Waals surface area contributed by atoms with E-state index in [2.05, 4.69) is 10.1 Å². The second-order valence-electron chi connectivity index (χ2n) is 5.88. The molecule has 1 aromatic heterocycles. The van der Waals surface area contributed by atoms with Gasteiger partial charge in [-0.1, -0.05) is 20.3 Å². The Kier molecular flexibility index (Phi) is 6.01. The third-order valence-electron chi connectivity index (χ3n) is 4.13. The van der Waals surface area contributed by atoms with Crippen LogP contribution in [0.25, 0.3) is 0 Å². The van der Waals surface area contributed by atoms with Crippen molar-refractivity contribution in [3.05, 3.63) is 26.4 Å². The maximum atomic E-state index is 12.2. The highest BCUT2D eigenvalue weighted by molar-refractivity contribution is 6.01. The molecule has 0 amide bonds. The van der Waals surface area contributed by atoms with Gasteiger partial charge in [0.25, 0.3) is 5.56 Å². The van der Waals surface area contributed by atoms with E-state index in [1.807, 2.05) is 18.9 Å². The van der Waals surface area contributed by atoms with Crippen LogP contribution in [-0.4, -0.2) is 38.5 Å². The highest BCUT2D eigenvalue weighted by atomic mass is 16.3. The number of hydrogen-bond acceptors (Lipinski definition) is 5. The first kappa shape index (κ1) is 17.3. The van der Waals surface area contributed by atoms with Crippen molar-refractivity contribution in [3.8, 4) is 5.88 Å². The number of aromatic amines is 1. The fourth-order valence-electron chi connectivity index (χ4n) is 2.79.